The molecule has 3 aliphatic rings. The van der Waals surface area contributed by atoms with E-state index in [2.05, 4.69) is 33.5 Å². The first kappa shape index (κ1) is 21.2. The van der Waals surface area contributed by atoms with Crippen molar-refractivity contribution in [3.63, 3.8) is 0 Å². The van der Waals surface area contributed by atoms with Gasteiger partial charge in [-0.25, -0.2) is 9.38 Å². The van der Waals surface area contributed by atoms with Crippen molar-refractivity contribution in [3.8, 4) is 5.75 Å². The molecule has 1 aliphatic carbocycles. The van der Waals surface area contributed by atoms with Crippen molar-refractivity contribution in [1.82, 2.24) is 4.90 Å². The van der Waals surface area contributed by atoms with Crippen LogP contribution in [0.5, 0.6) is 5.75 Å². The van der Waals surface area contributed by atoms with E-state index in [9.17, 15) is 4.39 Å². The predicted molar refractivity (Wildman–Crippen MR) is 120 cm³/mol. The lowest BCUT2D eigenvalue weighted by molar-refractivity contribution is -0.841. The fourth-order valence-corrected chi connectivity index (χ4v) is 5.56. The van der Waals surface area contributed by atoms with Gasteiger partial charge in [0.15, 0.2) is 24.6 Å². The molecule has 4 rings (SSSR count). The summed E-state index contributed by atoms with van der Waals surface area (Å²) in [7, 11) is 1.49. The molecule has 4 unspecified atom stereocenters. The van der Waals surface area contributed by atoms with Gasteiger partial charge in [-0.05, 0) is 50.9 Å². The van der Waals surface area contributed by atoms with Crippen LogP contribution < -0.4 is 10.1 Å². The van der Waals surface area contributed by atoms with Gasteiger partial charge >= 0.3 is 0 Å². The molecule has 1 aromatic carbocycles. The average Bonchev–Trinajstić information content (AvgIpc) is 3.38. The summed E-state index contributed by atoms with van der Waals surface area (Å²) in [4.78, 5) is 11.6. The molecule has 0 bridgehead atoms. The van der Waals surface area contributed by atoms with E-state index in [-0.39, 0.29) is 11.6 Å². The summed E-state index contributed by atoms with van der Waals surface area (Å²) in [6.07, 6.45) is 9.87. The van der Waals surface area contributed by atoms with Gasteiger partial charge in [0.05, 0.1) is 19.7 Å². The molecule has 0 amide bonds. The zero-order chi connectivity index (χ0) is 21.0. The fraction of sp³-hybridized carbons (Fsp3) is 0.652. The van der Waals surface area contributed by atoms with Crippen molar-refractivity contribution in [3.05, 3.63) is 24.0 Å². The van der Waals surface area contributed by atoms with E-state index >= 15 is 0 Å². The molecule has 2 fully saturated rings. The molecule has 1 saturated carbocycles. The quantitative estimate of drug-likeness (QED) is 0.657. The number of rotatable bonds is 8. The number of nitrogens with zero attached hydrogens (tertiary/aromatic N) is 4. The van der Waals surface area contributed by atoms with Crippen LogP contribution in [0.15, 0.2) is 28.2 Å². The second-order valence-corrected chi connectivity index (χ2v) is 9.00. The van der Waals surface area contributed by atoms with Gasteiger partial charge in [0, 0.05) is 23.7 Å². The Kier molecular flexibility index (Phi) is 6.68. The van der Waals surface area contributed by atoms with E-state index in [0.717, 1.165) is 42.9 Å². The Bertz CT molecular complexity index is 785. The smallest absolute Gasteiger partial charge is 0.192 e. The summed E-state index contributed by atoms with van der Waals surface area (Å²) in [5.41, 5.74) is 0.829. The van der Waals surface area contributed by atoms with Crippen molar-refractivity contribution in [2.24, 2.45) is 15.9 Å². The third-order valence-electron chi connectivity index (χ3n) is 7.06. The lowest BCUT2D eigenvalue weighted by Crippen LogP contribution is -2.57. The van der Waals surface area contributed by atoms with Crippen LogP contribution in [-0.4, -0.2) is 74.1 Å². The third-order valence-corrected chi connectivity index (χ3v) is 7.06. The Balaban J connectivity index is 1.46. The first-order valence-corrected chi connectivity index (χ1v) is 11.3. The minimum Gasteiger partial charge on any atom is -0.494 e. The molecule has 0 radical (unpaired) electrons. The molecule has 6 nitrogen and oxygen atoms in total. The van der Waals surface area contributed by atoms with Gasteiger partial charge in [0.2, 0.25) is 0 Å². The minimum atomic E-state index is -0.320. The maximum absolute atomic E-state index is 14.1. The topological polar surface area (TPSA) is 49.2 Å². The summed E-state index contributed by atoms with van der Waals surface area (Å²) in [5.74, 6) is 0.484. The predicted octanol–water partition coefficient (Wildman–Crippen LogP) is 3.74. The molecule has 1 saturated heterocycles. The molecular formula is C23H35FN5O+. The Hall–Kier alpha value is -1.99. The maximum atomic E-state index is 14.1. The molecule has 0 aromatic heterocycles. The molecule has 7 heteroatoms. The van der Waals surface area contributed by atoms with E-state index in [1.54, 1.807) is 18.5 Å². The Morgan fingerprint density at radius 1 is 1.23 bits per heavy atom. The van der Waals surface area contributed by atoms with Gasteiger partial charge in [-0.1, -0.05) is 13.3 Å². The number of nitrogens with one attached hydrogen (secondary N) is 1. The second kappa shape index (κ2) is 9.43. The van der Waals surface area contributed by atoms with Crippen molar-refractivity contribution in [1.29, 1.82) is 0 Å². The highest BCUT2D eigenvalue weighted by atomic mass is 19.1. The largest absolute Gasteiger partial charge is 0.494 e. The second-order valence-electron chi connectivity index (χ2n) is 9.00. The maximum Gasteiger partial charge on any atom is 0.192 e. The molecule has 2 heterocycles. The standard InChI is InChI=1S/C23H35FN5O/c1-3-28-11-5-7-20(28)14-29(16-25-15-26-17-29)13-18-6-4-8-22(18)27-19-9-10-23(30-2)21(24)12-19/h9-10,12,15-16,18,20,22,27H,3-8,11,13-14,17H2,1-2H3/q+1. The zero-order valence-electron chi connectivity index (χ0n) is 18.3. The highest BCUT2D eigenvalue weighted by molar-refractivity contribution is 5.69. The zero-order valence-corrected chi connectivity index (χ0v) is 18.3. The van der Waals surface area contributed by atoms with Crippen LogP contribution in [0.3, 0.4) is 0 Å². The Morgan fingerprint density at radius 3 is 2.87 bits per heavy atom. The number of methoxy groups -OCH3 is 1. The minimum absolute atomic E-state index is 0.285. The van der Waals surface area contributed by atoms with Gasteiger partial charge < -0.3 is 10.1 Å². The molecule has 30 heavy (non-hydrogen) atoms. The van der Waals surface area contributed by atoms with Gasteiger partial charge in [-0.3, -0.25) is 9.38 Å². The number of likely N-dealkylation sites (tertiary alicyclic amines) is 1. The van der Waals surface area contributed by atoms with Gasteiger partial charge in [-0.2, -0.15) is 4.99 Å². The van der Waals surface area contributed by atoms with Gasteiger partial charge in [0.25, 0.3) is 0 Å². The van der Waals surface area contributed by atoms with E-state index in [1.165, 1.54) is 39.3 Å². The normalized spacial score (nSPS) is 31.4. The summed E-state index contributed by atoms with van der Waals surface area (Å²) in [6, 6.07) is 6.10. The van der Waals surface area contributed by atoms with Crippen molar-refractivity contribution < 1.29 is 13.6 Å². The number of hydrogen-bond acceptors (Lipinski definition) is 5. The number of ether oxygens (including phenoxy) is 1. The molecule has 4 atom stereocenters. The number of benzene rings is 1. The van der Waals surface area contributed by atoms with E-state index in [0.29, 0.717) is 18.0 Å². The first-order valence-electron chi connectivity index (χ1n) is 11.3. The van der Waals surface area contributed by atoms with Crippen LogP contribution >= 0.6 is 0 Å². The molecule has 164 valence electrons. The summed E-state index contributed by atoms with van der Waals surface area (Å²) in [5, 5.41) is 3.60. The highest BCUT2D eigenvalue weighted by Crippen LogP contribution is 2.33. The molecule has 1 N–H and O–H groups in total. The van der Waals surface area contributed by atoms with E-state index < -0.39 is 0 Å². The average molecular weight is 417 g/mol. The molecule has 2 aliphatic heterocycles. The highest BCUT2D eigenvalue weighted by Gasteiger charge is 2.40. The SMILES string of the molecule is CCN1CCCC1C[N+]1(CC2CCCC2Nc2ccc(OC)c(F)c2)C=NC=NC1. The molecule has 1 aromatic rings. The third kappa shape index (κ3) is 4.67. The summed E-state index contributed by atoms with van der Waals surface area (Å²) in [6.45, 7) is 7.47. The van der Waals surface area contributed by atoms with Crippen molar-refractivity contribution in [2.45, 2.75) is 51.1 Å². The van der Waals surface area contributed by atoms with Crippen molar-refractivity contribution in [2.75, 3.05) is 45.3 Å². The first-order chi connectivity index (χ1) is 14.6. The number of quaternary nitrogens is 1. The summed E-state index contributed by atoms with van der Waals surface area (Å²) < 4.78 is 20.0. The van der Waals surface area contributed by atoms with Gasteiger partial charge in [0.1, 0.15) is 12.9 Å². The molecular weight excluding hydrogens is 381 g/mol. The van der Waals surface area contributed by atoms with Crippen LogP contribution in [0.2, 0.25) is 0 Å². The number of hydrogen-bond donors (Lipinski definition) is 1. The Morgan fingerprint density at radius 2 is 2.13 bits per heavy atom. The van der Waals surface area contributed by atoms with Crippen LogP contribution in [0.4, 0.5) is 10.1 Å². The van der Waals surface area contributed by atoms with Crippen LogP contribution in [0.1, 0.15) is 39.0 Å². The number of aliphatic imine (C=N–C) groups is 2. The monoisotopic (exact) mass is 416 g/mol. The number of anilines is 1. The summed E-state index contributed by atoms with van der Waals surface area (Å²) >= 11 is 0. The van der Waals surface area contributed by atoms with Crippen molar-refractivity contribution >= 4 is 18.4 Å². The lowest BCUT2D eigenvalue weighted by atomic mass is 10.0. The van der Waals surface area contributed by atoms with Crippen LogP contribution in [0.25, 0.3) is 0 Å². The Labute approximate surface area is 179 Å². The number of likely N-dealkylation sites (N-methyl/N-ethyl adjacent to an activating group) is 1. The van der Waals surface area contributed by atoms with E-state index in [4.69, 9.17) is 4.74 Å². The lowest BCUT2D eigenvalue weighted by Gasteiger charge is -2.40. The number of halogens is 1. The van der Waals surface area contributed by atoms with Gasteiger partial charge in [-0.15, -0.1) is 0 Å². The molecule has 0 spiro atoms. The fourth-order valence-electron chi connectivity index (χ4n) is 5.56. The van der Waals surface area contributed by atoms with E-state index in [1.807, 2.05) is 6.07 Å². The van der Waals surface area contributed by atoms with Crippen LogP contribution in [-0.2, 0) is 0 Å². The van der Waals surface area contributed by atoms with Crippen LogP contribution in [0, 0.1) is 11.7 Å².